The summed E-state index contributed by atoms with van der Waals surface area (Å²) >= 11 is 12.4. The summed E-state index contributed by atoms with van der Waals surface area (Å²) in [4.78, 5) is 4.61. The second-order valence-corrected chi connectivity index (χ2v) is 6.16. The highest BCUT2D eigenvalue weighted by atomic mass is 35.5. The third-order valence-electron chi connectivity index (χ3n) is 3.49. The summed E-state index contributed by atoms with van der Waals surface area (Å²) in [5.41, 5.74) is 4.57. The summed E-state index contributed by atoms with van der Waals surface area (Å²) in [6, 6.07) is 9.51. The van der Waals surface area contributed by atoms with Crippen LogP contribution in [0.15, 0.2) is 30.3 Å². The Morgan fingerprint density at radius 2 is 1.76 bits per heavy atom. The van der Waals surface area contributed by atoms with E-state index in [2.05, 4.69) is 23.9 Å². The molecular weight excluding hydrogens is 305 g/mol. The zero-order valence-corrected chi connectivity index (χ0v) is 13.6. The molecule has 0 bridgehead atoms. The minimum Gasteiger partial charge on any atom is -0.233 e. The topological polar surface area (TPSA) is 30.2 Å². The van der Waals surface area contributed by atoms with E-state index in [1.165, 1.54) is 0 Å². The first-order chi connectivity index (χ1) is 9.97. The number of fused-ring (bicyclic) bond motifs is 1. The summed E-state index contributed by atoms with van der Waals surface area (Å²) in [6.07, 6.45) is 0. The zero-order chi connectivity index (χ0) is 15.1. The summed E-state index contributed by atoms with van der Waals surface area (Å²) < 4.78 is 1.70. The molecule has 3 aromatic rings. The summed E-state index contributed by atoms with van der Waals surface area (Å²) in [7, 11) is 0. The summed E-state index contributed by atoms with van der Waals surface area (Å²) in [6.45, 7) is 6.19. The number of hydrogen-bond donors (Lipinski definition) is 0. The second kappa shape index (κ2) is 5.32. The number of nitrogens with zero attached hydrogens (tertiary/aromatic N) is 3. The van der Waals surface area contributed by atoms with E-state index in [9.17, 15) is 0 Å². The molecular formula is C16H15Cl2N3. The van der Waals surface area contributed by atoms with Crippen LogP contribution in [0.5, 0.6) is 0 Å². The Balaban J connectivity index is 2.20. The van der Waals surface area contributed by atoms with Gasteiger partial charge in [-0.3, -0.25) is 0 Å². The highest BCUT2D eigenvalue weighted by molar-refractivity contribution is 6.31. The molecule has 0 saturated heterocycles. The van der Waals surface area contributed by atoms with Gasteiger partial charge in [0.05, 0.1) is 5.69 Å². The maximum Gasteiger partial charge on any atom is 0.157 e. The lowest BCUT2D eigenvalue weighted by atomic mass is 10.0. The van der Waals surface area contributed by atoms with Gasteiger partial charge in [0.2, 0.25) is 0 Å². The monoisotopic (exact) mass is 319 g/mol. The van der Waals surface area contributed by atoms with E-state index in [-0.39, 0.29) is 0 Å². The van der Waals surface area contributed by atoms with Gasteiger partial charge in [-0.2, -0.15) is 5.10 Å². The molecule has 1 aromatic carbocycles. The number of rotatable bonds is 2. The second-order valence-electron chi connectivity index (χ2n) is 5.36. The van der Waals surface area contributed by atoms with Crippen LogP contribution in [0.3, 0.4) is 0 Å². The minimum absolute atomic E-state index is 0.303. The van der Waals surface area contributed by atoms with Crippen LogP contribution in [0.25, 0.3) is 16.9 Å². The molecule has 3 nitrogen and oxygen atoms in total. The largest absolute Gasteiger partial charge is 0.233 e. The molecule has 0 unspecified atom stereocenters. The van der Waals surface area contributed by atoms with E-state index < -0.39 is 0 Å². The van der Waals surface area contributed by atoms with Crippen LogP contribution in [-0.2, 0) is 0 Å². The minimum atomic E-state index is 0.303. The molecule has 3 rings (SSSR count). The van der Waals surface area contributed by atoms with Crippen LogP contribution in [0, 0.1) is 6.92 Å². The average molecular weight is 320 g/mol. The van der Waals surface area contributed by atoms with Gasteiger partial charge in [0, 0.05) is 27.9 Å². The van der Waals surface area contributed by atoms with Crippen LogP contribution in [-0.4, -0.2) is 14.6 Å². The molecule has 0 fully saturated rings. The van der Waals surface area contributed by atoms with Gasteiger partial charge in [-0.25, -0.2) is 9.50 Å². The number of hydrogen-bond acceptors (Lipinski definition) is 2. The van der Waals surface area contributed by atoms with Crippen molar-refractivity contribution in [2.75, 3.05) is 0 Å². The van der Waals surface area contributed by atoms with E-state index in [0.29, 0.717) is 16.1 Å². The Morgan fingerprint density at radius 1 is 1.10 bits per heavy atom. The van der Waals surface area contributed by atoms with Crippen molar-refractivity contribution >= 4 is 28.8 Å². The lowest BCUT2D eigenvalue weighted by Crippen LogP contribution is -2.03. The van der Waals surface area contributed by atoms with Crippen molar-refractivity contribution in [3.8, 4) is 11.3 Å². The number of aryl methyl sites for hydroxylation is 1. The molecule has 108 valence electrons. The van der Waals surface area contributed by atoms with E-state index >= 15 is 0 Å². The predicted octanol–water partition coefficient (Wildman–Crippen LogP) is 5.13. The van der Waals surface area contributed by atoms with Gasteiger partial charge in [-0.15, -0.1) is 0 Å². The molecule has 0 radical (unpaired) electrons. The van der Waals surface area contributed by atoms with Crippen LogP contribution >= 0.6 is 23.2 Å². The third kappa shape index (κ3) is 2.52. The Kier molecular flexibility index (Phi) is 3.64. The molecule has 2 aromatic heterocycles. The maximum absolute atomic E-state index is 6.51. The Morgan fingerprint density at radius 3 is 2.38 bits per heavy atom. The lowest BCUT2D eigenvalue weighted by molar-refractivity contribution is 0.808. The first kappa shape index (κ1) is 14.4. The quantitative estimate of drug-likeness (QED) is 0.612. The fourth-order valence-corrected chi connectivity index (χ4v) is 3.11. The molecule has 0 N–H and O–H groups in total. The lowest BCUT2D eigenvalue weighted by Gasteiger charge is -2.11. The van der Waals surface area contributed by atoms with Gasteiger partial charge in [0.1, 0.15) is 5.15 Å². The molecule has 0 spiro atoms. The first-order valence-electron chi connectivity index (χ1n) is 6.79. The van der Waals surface area contributed by atoms with Gasteiger partial charge in [-0.05, 0) is 25.0 Å². The van der Waals surface area contributed by atoms with Gasteiger partial charge in [-0.1, -0.05) is 49.2 Å². The van der Waals surface area contributed by atoms with Gasteiger partial charge in [0.25, 0.3) is 0 Å². The zero-order valence-electron chi connectivity index (χ0n) is 12.1. The summed E-state index contributed by atoms with van der Waals surface area (Å²) in [5.74, 6) is 0.303. The SMILES string of the molecule is Cc1nc2cc(-c3ccc(Cl)cc3)nn2c(Cl)c1C(C)C. The van der Waals surface area contributed by atoms with Crippen molar-refractivity contribution in [3.05, 3.63) is 51.8 Å². The molecule has 0 aliphatic heterocycles. The van der Waals surface area contributed by atoms with Crippen molar-refractivity contribution in [2.24, 2.45) is 0 Å². The van der Waals surface area contributed by atoms with E-state index in [1.807, 2.05) is 37.3 Å². The Labute approximate surface area is 133 Å². The van der Waals surface area contributed by atoms with Crippen molar-refractivity contribution in [2.45, 2.75) is 26.7 Å². The Hall–Kier alpha value is -1.58. The van der Waals surface area contributed by atoms with E-state index in [0.717, 1.165) is 28.2 Å². The van der Waals surface area contributed by atoms with Crippen LogP contribution in [0.4, 0.5) is 0 Å². The molecule has 0 saturated carbocycles. The van der Waals surface area contributed by atoms with E-state index in [1.54, 1.807) is 4.52 Å². The van der Waals surface area contributed by atoms with Gasteiger partial charge < -0.3 is 0 Å². The smallest absolute Gasteiger partial charge is 0.157 e. The molecule has 21 heavy (non-hydrogen) atoms. The number of aromatic nitrogens is 3. The first-order valence-corrected chi connectivity index (χ1v) is 7.54. The fraction of sp³-hybridized carbons (Fsp3) is 0.250. The summed E-state index contributed by atoms with van der Waals surface area (Å²) in [5, 5.41) is 5.91. The molecule has 0 amide bonds. The fourth-order valence-electron chi connectivity index (χ4n) is 2.51. The molecule has 5 heteroatoms. The highest BCUT2D eigenvalue weighted by Gasteiger charge is 2.16. The average Bonchev–Trinajstić information content (AvgIpc) is 2.83. The molecule has 0 atom stereocenters. The van der Waals surface area contributed by atoms with Crippen molar-refractivity contribution in [1.29, 1.82) is 0 Å². The Bertz CT molecular complexity index is 804. The number of halogens is 2. The number of benzene rings is 1. The van der Waals surface area contributed by atoms with Crippen molar-refractivity contribution in [3.63, 3.8) is 0 Å². The van der Waals surface area contributed by atoms with E-state index in [4.69, 9.17) is 23.2 Å². The van der Waals surface area contributed by atoms with Crippen LogP contribution < -0.4 is 0 Å². The van der Waals surface area contributed by atoms with Crippen molar-refractivity contribution < 1.29 is 0 Å². The highest BCUT2D eigenvalue weighted by Crippen LogP contribution is 2.29. The van der Waals surface area contributed by atoms with Crippen LogP contribution in [0.1, 0.15) is 31.0 Å². The van der Waals surface area contributed by atoms with Crippen molar-refractivity contribution in [1.82, 2.24) is 14.6 Å². The molecule has 0 aliphatic carbocycles. The molecule has 0 aliphatic rings. The normalized spacial score (nSPS) is 11.5. The predicted molar refractivity (Wildman–Crippen MR) is 87.3 cm³/mol. The maximum atomic E-state index is 6.51. The van der Waals surface area contributed by atoms with Crippen LogP contribution in [0.2, 0.25) is 10.2 Å². The standard InChI is InChI=1S/C16H15Cl2N3/c1-9(2)15-10(3)19-14-8-13(20-21(14)16(15)18)11-4-6-12(17)7-5-11/h4-9H,1-3H3. The van der Waals surface area contributed by atoms with Gasteiger partial charge in [0.15, 0.2) is 5.65 Å². The van der Waals surface area contributed by atoms with Gasteiger partial charge >= 0.3 is 0 Å². The third-order valence-corrected chi connectivity index (χ3v) is 4.10. The molecule has 2 heterocycles.